The van der Waals surface area contributed by atoms with E-state index in [4.69, 9.17) is 9.47 Å². The number of rotatable bonds is 3. The lowest BCUT2D eigenvalue weighted by atomic mass is 9.94. The van der Waals surface area contributed by atoms with Gasteiger partial charge in [0.25, 0.3) is 0 Å². The maximum Gasteiger partial charge on any atom is 0.310 e. The highest BCUT2D eigenvalue weighted by molar-refractivity contribution is 5.80. The molecule has 19 heavy (non-hydrogen) atoms. The zero-order valence-electron chi connectivity index (χ0n) is 11.6. The van der Waals surface area contributed by atoms with Crippen LogP contribution in [0.2, 0.25) is 0 Å². The summed E-state index contributed by atoms with van der Waals surface area (Å²) in [4.78, 5) is 26.0. The van der Waals surface area contributed by atoms with Crippen LogP contribution in [-0.4, -0.2) is 49.7 Å². The van der Waals surface area contributed by atoms with Crippen LogP contribution < -0.4 is 0 Å². The van der Waals surface area contributed by atoms with Crippen LogP contribution in [-0.2, 0) is 19.1 Å². The fraction of sp³-hybridized carbons (Fsp3) is 0.857. The molecule has 2 fully saturated rings. The number of hydrogen-bond acceptors (Lipinski definition) is 4. The lowest BCUT2D eigenvalue weighted by Crippen LogP contribution is -2.46. The van der Waals surface area contributed by atoms with Crippen LogP contribution in [0.1, 0.15) is 32.6 Å². The first-order chi connectivity index (χ1) is 9.22. The molecule has 5 nitrogen and oxygen atoms in total. The fourth-order valence-electron chi connectivity index (χ4n) is 2.83. The van der Waals surface area contributed by atoms with Gasteiger partial charge in [0.1, 0.15) is 0 Å². The van der Waals surface area contributed by atoms with Gasteiger partial charge in [0.05, 0.1) is 12.5 Å². The van der Waals surface area contributed by atoms with Crippen molar-refractivity contribution in [1.29, 1.82) is 0 Å². The molecule has 0 N–H and O–H groups in total. The van der Waals surface area contributed by atoms with Crippen molar-refractivity contribution in [3.63, 3.8) is 0 Å². The zero-order chi connectivity index (χ0) is 13.7. The van der Waals surface area contributed by atoms with Gasteiger partial charge in [0.2, 0.25) is 5.91 Å². The van der Waals surface area contributed by atoms with Crippen LogP contribution in [0, 0.1) is 11.8 Å². The second kappa shape index (κ2) is 6.89. The second-order valence-corrected chi connectivity index (χ2v) is 5.26. The van der Waals surface area contributed by atoms with Gasteiger partial charge in [-0.3, -0.25) is 9.59 Å². The molecule has 0 aliphatic carbocycles. The summed E-state index contributed by atoms with van der Waals surface area (Å²) in [6.07, 6.45) is 3.33. The first-order valence-electron chi connectivity index (χ1n) is 7.25. The number of hydrogen-bond donors (Lipinski definition) is 0. The van der Waals surface area contributed by atoms with Crippen LogP contribution in [0.3, 0.4) is 0 Å². The molecule has 2 aliphatic rings. The number of amides is 1. The van der Waals surface area contributed by atoms with Crippen LogP contribution in [0.5, 0.6) is 0 Å². The Morgan fingerprint density at radius 3 is 2.63 bits per heavy atom. The van der Waals surface area contributed by atoms with E-state index < -0.39 is 0 Å². The SMILES string of the molecule is CCOC(=O)C1CCCN(C(=O)C2CCOCC2)C1. The van der Waals surface area contributed by atoms with Gasteiger partial charge >= 0.3 is 5.97 Å². The van der Waals surface area contributed by atoms with Crippen LogP contribution in [0.25, 0.3) is 0 Å². The summed E-state index contributed by atoms with van der Waals surface area (Å²) in [5, 5.41) is 0. The third kappa shape index (κ3) is 3.69. The Hall–Kier alpha value is -1.10. The van der Waals surface area contributed by atoms with E-state index in [-0.39, 0.29) is 23.7 Å². The van der Waals surface area contributed by atoms with E-state index in [1.807, 2.05) is 11.8 Å². The van der Waals surface area contributed by atoms with Crippen LogP contribution in [0.4, 0.5) is 0 Å². The second-order valence-electron chi connectivity index (χ2n) is 5.26. The average Bonchev–Trinajstić information content (AvgIpc) is 2.48. The number of piperidine rings is 1. The largest absolute Gasteiger partial charge is 0.466 e. The quantitative estimate of drug-likeness (QED) is 0.723. The van der Waals surface area contributed by atoms with E-state index in [0.717, 1.165) is 32.2 Å². The van der Waals surface area contributed by atoms with Crippen molar-refractivity contribution in [3.05, 3.63) is 0 Å². The van der Waals surface area contributed by atoms with E-state index in [1.165, 1.54) is 0 Å². The molecule has 0 radical (unpaired) electrons. The summed E-state index contributed by atoms with van der Waals surface area (Å²) in [6.45, 7) is 4.85. The number of nitrogens with zero attached hydrogens (tertiary/aromatic N) is 1. The summed E-state index contributed by atoms with van der Waals surface area (Å²) < 4.78 is 10.3. The van der Waals surface area contributed by atoms with Gasteiger partial charge in [0, 0.05) is 32.2 Å². The third-order valence-corrected chi connectivity index (χ3v) is 3.92. The molecule has 1 unspecified atom stereocenters. The highest BCUT2D eigenvalue weighted by Gasteiger charge is 2.32. The van der Waals surface area contributed by atoms with Crippen molar-refractivity contribution in [2.24, 2.45) is 11.8 Å². The molecular formula is C14H23NO4. The molecule has 108 valence electrons. The lowest BCUT2D eigenvalue weighted by molar-refractivity contribution is -0.152. The number of ether oxygens (including phenoxy) is 2. The number of carbonyl (C=O) groups excluding carboxylic acids is 2. The topological polar surface area (TPSA) is 55.8 Å². The van der Waals surface area contributed by atoms with Gasteiger partial charge in [-0.15, -0.1) is 0 Å². The van der Waals surface area contributed by atoms with E-state index >= 15 is 0 Å². The number of esters is 1. The van der Waals surface area contributed by atoms with Crippen LogP contribution in [0.15, 0.2) is 0 Å². The average molecular weight is 269 g/mol. The normalized spacial score (nSPS) is 25.1. The summed E-state index contributed by atoms with van der Waals surface area (Å²) in [7, 11) is 0. The van der Waals surface area contributed by atoms with E-state index in [2.05, 4.69) is 0 Å². The molecule has 0 aromatic rings. The smallest absolute Gasteiger partial charge is 0.310 e. The molecular weight excluding hydrogens is 246 g/mol. The first kappa shape index (κ1) is 14.3. The molecule has 0 saturated carbocycles. The van der Waals surface area contributed by atoms with Crippen molar-refractivity contribution in [2.75, 3.05) is 32.9 Å². The Morgan fingerprint density at radius 2 is 1.95 bits per heavy atom. The Bertz CT molecular complexity index is 325. The highest BCUT2D eigenvalue weighted by atomic mass is 16.5. The standard InChI is InChI=1S/C14H23NO4/c1-2-19-14(17)12-4-3-7-15(10-12)13(16)11-5-8-18-9-6-11/h11-12H,2-10H2,1H3. The Kier molecular flexibility index (Phi) is 5.19. The summed E-state index contributed by atoms with van der Waals surface area (Å²) in [5.41, 5.74) is 0. The van der Waals surface area contributed by atoms with Gasteiger partial charge in [-0.2, -0.15) is 0 Å². The summed E-state index contributed by atoms with van der Waals surface area (Å²) >= 11 is 0. The molecule has 5 heteroatoms. The van der Waals surface area contributed by atoms with Crippen molar-refractivity contribution in [1.82, 2.24) is 4.90 Å². The maximum absolute atomic E-state index is 12.4. The van der Waals surface area contributed by atoms with Crippen molar-refractivity contribution in [2.45, 2.75) is 32.6 Å². The number of carbonyl (C=O) groups is 2. The molecule has 2 rings (SSSR count). The first-order valence-corrected chi connectivity index (χ1v) is 7.25. The van der Waals surface area contributed by atoms with E-state index in [9.17, 15) is 9.59 Å². The van der Waals surface area contributed by atoms with Gasteiger partial charge in [-0.25, -0.2) is 0 Å². The molecule has 0 spiro atoms. The molecule has 1 atom stereocenters. The maximum atomic E-state index is 12.4. The summed E-state index contributed by atoms with van der Waals surface area (Å²) in [6, 6.07) is 0. The van der Waals surface area contributed by atoms with E-state index in [1.54, 1.807) is 0 Å². The minimum absolute atomic E-state index is 0.0784. The predicted molar refractivity (Wildman–Crippen MR) is 69.5 cm³/mol. The Labute approximate surface area is 114 Å². The van der Waals surface area contributed by atoms with Crippen LogP contribution >= 0.6 is 0 Å². The molecule has 1 amide bonds. The van der Waals surface area contributed by atoms with Gasteiger partial charge in [0.15, 0.2) is 0 Å². The van der Waals surface area contributed by atoms with Gasteiger partial charge in [-0.1, -0.05) is 0 Å². The lowest BCUT2D eigenvalue weighted by Gasteiger charge is -2.34. The minimum atomic E-state index is -0.160. The van der Waals surface area contributed by atoms with E-state index in [0.29, 0.717) is 26.4 Å². The number of likely N-dealkylation sites (tertiary alicyclic amines) is 1. The van der Waals surface area contributed by atoms with Gasteiger partial charge in [-0.05, 0) is 32.6 Å². The monoisotopic (exact) mass is 269 g/mol. The van der Waals surface area contributed by atoms with Crippen molar-refractivity contribution >= 4 is 11.9 Å². The Balaban J connectivity index is 1.89. The minimum Gasteiger partial charge on any atom is -0.466 e. The van der Waals surface area contributed by atoms with Crippen molar-refractivity contribution < 1.29 is 19.1 Å². The molecule has 2 saturated heterocycles. The molecule has 0 aromatic heterocycles. The molecule has 2 aliphatic heterocycles. The predicted octanol–water partition coefficient (Wildman–Crippen LogP) is 1.21. The molecule has 2 heterocycles. The molecule has 0 bridgehead atoms. The Morgan fingerprint density at radius 1 is 1.21 bits per heavy atom. The van der Waals surface area contributed by atoms with Crippen molar-refractivity contribution in [3.8, 4) is 0 Å². The zero-order valence-corrected chi connectivity index (χ0v) is 11.6. The summed E-state index contributed by atoms with van der Waals surface area (Å²) in [5.74, 6) is -0.0311. The highest BCUT2D eigenvalue weighted by Crippen LogP contribution is 2.23. The molecule has 0 aromatic carbocycles. The third-order valence-electron chi connectivity index (χ3n) is 3.92. The van der Waals surface area contributed by atoms with Gasteiger partial charge < -0.3 is 14.4 Å². The fourth-order valence-corrected chi connectivity index (χ4v) is 2.83.